The number of Topliss-reactive ketones (excluding diaryl/α,β-unsaturated/α-hetero) is 1. The monoisotopic (exact) mass is 224 g/mol. The molecule has 0 aliphatic heterocycles. The van der Waals surface area contributed by atoms with Crippen molar-refractivity contribution in [3.8, 4) is 6.07 Å². The predicted molar refractivity (Wildman–Crippen MR) is 59.0 cm³/mol. The normalized spacial score (nSPS) is 11.5. The van der Waals surface area contributed by atoms with Gasteiger partial charge in [-0.05, 0) is 23.8 Å². The molecule has 82 valence electrons. The lowest BCUT2D eigenvalue weighted by Crippen LogP contribution is -2.14. The van der Waals surface area contributed by atoms with Crippen LogP contribution < -0.4 is 0 Å². The second-order valence-electron chi connectivity index (χ2n) is 3.28. The van der Waals surface area contributed by atoms with Gasteiger partial charge in [0.05, 0.1) is 6.07 Å². The average molecular weight is 224 g/mol. The third kappa shape index (κ3) is 2.32. The molecule has 1 atom stereocenters. The van der Waals surface area contributed by atoms with Gasteiger partial charge in [0.2, 0.25) is 5.78 Å². The molecule has 2 aromatic heterocycles. The number of nitrogens with zero attached hydrogens (tertiary/aromatic N) is 4. The van der Waals surface area contributed by atoms with Gasteiger partial charge in [-0.15, -0.1) is 0 Å². The zero-order chi connectivity index (χ0) is 12.1. The molecule has 0 amide bonds. The van der Waals surface area contributed by atoms with Crippen molar-refractivity contribution in [2.24, 2.45) is 0 Å². The highest BCUT2D eigenvalue weighted by atomic mass is 16.1. The number of carbonyl (C=O) groups excluding carboxylic acids is 1. The van der Waals surface area contributed by atoms with Gasteiger partial charge in [-0.25, -0.2) is 9.97 Å². The highest BCUT2D eigenvalue weighted by Crippen LogP contribution is 2.17. The highest BCUT2D eigenvalue weighted by molar-refractivity contribution is 5.99. The molecule has 0 aromatic carbocycles. The van der Waals surface area contributed by atoms with Crippen LogP contribution in [0.2, 0.25) is 0 Å². The predicted octanol–water partition coefficient (Wildman–Crippen LogP) is 1.36. The van der Waals surface area contributed by atoms with Crippen LogP contribution in [-0.2, 0) is 0 Å². The topological polar surface area (TPSA) is 79.5 Å². The van der Waals surface area contributed by atoms with Gasteiger partial charge >= 0.3 is 0 Å². The fourth-order valence-corrected chi connectivity index (χ4v) is 1.40. The summed E-state index contributed by atoms with van der Waals surface area (Å²) in [4.78, 5) is 23.5. The quantitative estimate of drug-likeness (QED) is 0.735. The Morgan fingerprint density at radius 2 is 1.82 bits per heavy atom. The van der Waals surface area contributed by atoms with E-state index in [0.717, 1.165) is 0 Å². The molecule has 5 nitrogen and oxygen atoms in total. The van der Waals surface area contributed by atoms with Crippen LogP contribution in [0, 0.1) is 11.3 Å². The zero-order valence-corrected chi connectivity index (χ0v) is 8.82. The van der Waals surface area contributed by atoms with E-state index < -0.39 is 11.7 Å². The first-order valence-electron chi connectivity index (χ1n) is 4.93. The van der Waals surface area contributed by atoms with Crippen molar-refractivity contribution in [1.82, 2.24) is 15.0 Å². The molecule has 2 heterocycles. The fraction of sp³-hybridized carbons (Fsp3) is 0.0833. The third-order valence-corrected chi connectivity index (χ3v) is 2.22. The molecule has 0 saturated carbocycles. The molecule has 2 rings (SSSR count). The smallest absolute Gasteiger partial charge is 0.221 e. The zero-order valence-electron chi connectivity index (χ0n) is 8.82. The molecular formula is C12H8N4O. The number of ketones is 1. The average Bonchev–Trinajstić information content (AvgIpc) is 2.42. The van der Waals surface area contributed by atoms with E-state index in [1.165, 1.54) is 12.4 Å². The maximum Gasteiger partial charge on any atom is 0.221 e. The van der Waals surface area contributed by atoms with Crippen LogP contribution in [0.1, 0.15) is 22.1 Å². The molecule has 0 radical (unpaired) electrons. The second kappa shape index (κ2) is 4.94. The van der Waals surface area contributed by atoms with Crippen molar-refractivity contribution < 1.29 is 4.79 Å². The van der Waals surface area contributed by atoms with E-state index in [0.29, 0.717) is 5.56 Å². The molecule has 0 N–H and O–H groups in total. The summed E-state index contributed by atoms with van der Waals surface area (Å²) < 4.78 is 0. The Labute approximate surface area is 97.8 Å². The standard InChI is InChI=1S/C12H8N4O/c13-8-10(9-2-6-14-7-3-9)11(17)12-15-4-1-5-16-12/h1-7,10H. The number of carbonyl (C=O) groups is 1. The second-order valence-corrected chi connectivity index (χ2v) is 3.28. The van der Waals surface area contributed by atoms with E-state index in [4.69, 9.17) is 5.26 Å². The highest BCUT2D eigenvalue weighted by Gasteiger charge is 2.23. The Kier molecular flexibility index (Phi) is 3.17. The number of rotatable bonds is 3. The van der Waals surface area contributed by atoms with Crippen molar-refractivity contribution in [3.63, 3.8) is 0 Å². The summed E-state index contributed by atoms with van der Waals surface area (Å²) in [6.45, 7) is 0. The number of pyridine rings is 1. The lowest BCUT2D eigenvalue weighted by Gasteiger charge is -2.06. The van der Waals surface area contributed by atoms with E-state index in [1.807, 2.05) is 6.07 Å². The van der Waals surface area contributed by atoms with Crippen LogP contribution in [-0.4, -0.2) is 20.7 Å². The number of hydrogen-bond acceptors (Lipinski definition) is 5. The van der Waals surface area contributed by atoms with E-state index in [9.17, 15) is 4.79 Å². The Morgan fingerprint density at radius 3 is 2.41 bits per heavy atom. The molecule has 0 spiro atoms. The summed E-state index contributed by atoms with van der Waals surface area (Å²) in [6.07, 6.45) is 6.03. The van der Waals surface area contributed by atoms with Crippen LogP contribution >= 0.6 is 0 Å². The Morgan fingerprint density at radius 1 is 1.18 bits per heavy atom. The molecule has 17 heavy (non-hydrogen) atoms. The van der Waals surface area contributed by atoms with E-state index >= 15 is 0 Å². The van der Waals surface area contributed by atoms with Gasteiger partial charge in [0.25, 0.3) is 0 Å². The fourth-order valence-electron chi connectivity index (χ4n) is 1.40. The minimum atomic E-state index is -0.889. The van der Waals surface area contributed by atoms with Gasteiger partial charge in [0.1, 0.15) is 5.92 Å². The first kappa shape index (κ1) is 10.9. The lowest BCUT2D eigenvalue weighted by molar-refractivity contribution is 0.0968. The number of aromatic nitrogens is 3. The van der Waals surface area contributed by atoms with E-state index in [2.05, 4.69) is 15.0 Å². The van der Waals surface area contributed by atoms with Crippen LogP contribution in [0.15, 0.2) is 43.0 Å². The van der Waals surface area contributed by atoms with Crippen molar-refractivity contribution in [3.05, 3.63) is 54.4 Å². The van der Waals surface area contributed by atoms with Crippen molar-refractivity contribution in [1.29, 1.82) is 5.26 Å². The molecule has 0 bridgehead atoms. The molecule has 0 saturated heterocycles. The first-order valence-corrected chi connectivity index (χ1v) is 4.93. The van der Waals surface area contributed by atoms with E-state index in [1.54, 1.807) is 30.6 Å². The minimum absolute atomic E-state index is 0.0517. The number of nitriles is 1. The molecule has 2 aromatic rings. The molecule has 5 heteroatoms. The Hall–Kier alpha value is -2.61. The van der Waals surface area contributed by atoms with Crippen molar-refractivity contribution in [2.75, 3.05) is 0 Å². The molecular weight excluding hydrogens is 216 g/mol. The Balaban J connectivity index is 2.33. The van der Waals surface area contributed by atoms with Gasteiger partial charge in [-0.3, -0.25) is 9.78 Å². The van der Waals surface area contributed by atoms with E-state index in [-0.39, 0.29) is 5.82 Å². The maximum atomic E-state index is 12.0. The Bertz CT molecular complexity index is 548. The first-order chi connectivity index (χ1) is 8.33. The minimum Gasteiger partial charge on any atom is -0.289 e. The summed E-state index contributed by atoms with van der Waals surface area (Å²) in [5.74, 6) is -1.24. The third-order valence-electron chi connectivity index (χ3n) is 2.22. The lowest BCUT2D eigenvalue weighted by atomic mass is 9.97. The van der Waals surface area contributed by atoms with Gasteiger partial charge in [0.15, 0.2) is 5.82 Å². The maximum absolute atomic E-state index is 12.0. The van der Waals surface area contributed by atoms with Crippen LogP contribution in [0.4, 0.5) is 0 Å². The summed E-state index contributed by atoms with van der Waals surface area (Å²) >= 11 is 0. The molecule has 0 fully saturated rings. The van der Waals surface area contributed by atoms with Gasteiger partial charge in [0, 0.05) is 24.8 Å². The molecule has 0 aliphatic carbocycles. The SMILES string of the molecule is N#CC(C(=O)c1ncccn1)c1ccncc1. The molecule has 0 aliphatic rings. The van der Waals surface area contributed by atoms with Crippen molar-refractivity contribution >= 4 is 5.78 Å². The largest absolute Gasteiger partial charge is 0.289 e. The summed E-state index contributed by atoms with van der Waals surface area (Å²) in [7, 11) is 0. The van der Waals surface area contributed by atoms with Crippen LogP contribution in [0.25, 0.3) is 0 Å². The van der Waals surface area contributed by atoms with Crippen LogP contribution in [0.5, 0.6) is 0 Å². The summed E-state index contributed by atoms with van der Waals surface area (Å²) in [6, 6.07) is 6.84. The number of hydrogen-bond donors (Lipinski definition) is 0. The van der Waals surface area contributed by atoms with Crippen molar-refractivity contribution in [2.45, 2.75) is 5.92 Å². The summed E-state index contributed by atoms with van der Waals surface area (Å²) in [5, 5.41) is 9.06. The van der Waals surface area contributed by atoms with Gasteiger partial charge < -0.3 is 0 Å². The summed E-state index contributed by atoms with van der Waals surface area (Å²) in [5.41, 5.74) is 0.597. The molecule has 1 unspecified atom stereocenters. The van der Waals surface area contributed by atoms with Gasteiger partial charge in [-0.2, -0.15) is 5.26 Å². The van der Waals surface area contributed by atoms with Gasteiger partial charge in [-0.1, -0.05) is 0 Å². The van der Waals surface area contributed by atoms with Crippen LogP contribution in [0.3, 0.4) is 0 Å².